The first kappa shape index (κ1) is 20.2. The molecule has 0 bridgehead atoms. The fraction of sp³-hybridized carbons (Fsp3) is 0.0909. The molecule has 0 aromatic heterocycles. The minimum absolute atomic E-state index is 0.0991. The van der Waals surface area contributed by atoms with Crippen molar-refractivity contribution in [1.29, 1.82) is 0 Å². The zero-order valence-electron chi connectivity index (χ0n) is 15.3. The first-order valence-electron chi connectivity index (χ1n) is 8.80. The number of hydrogen-bond acceptors (Lipinski definition) is 4. The largest absolute Gasteiger partial charge is 0.508 e. The van der Waals surface area contributed by atoms with Crippen molar-refractivity contribution in [3.63, 3.8) is 0 Å². The van der Waals surface area contributed by atoms with Gasteiger partial charge < -0.3 is 21.3 Å². The standard InChI is InChI=1S/C22H19ClN2O4/c23-16-8-9-19(24)18(12-16)21(27)25-20(22(28)29)10-13-4-6-14(7-5-13)15-2-1-3-17(26)11-15/h1-9,11-12,20,26H,10,24H2,(H,25,27)(H,28,29)/t20-/m0/s1. The summed E-state index contributed by atoms with van der Waals surface area (Å²) in [5.74, 6) is -1.59. The number of anilines is 1. The highest BCUT2D eigenvalue weighted by molar-refractivity contribution is 6.31. The van der Waals surface area contributed by atoms with Gasteiger partial charge in [-0.05, 0) is 47.0 Å². The monoisotopic (exact) mass is 410 g/mol. The van der Waals surface area contributed by atoms with Crippen molar-refractivity contribution >= 4 is 29.2 Å². The number of nitrogen functional groups attached to an aromatic ring is 1. The van der Waals surface area contributed by atoms with Gasteiger partial charge >= 0.3 is 5.97 Å². The molecule has 1 atom stereocenters. The lowest BCUT2D eigenvalue weighted by atomic mass is 10.00. The third kappa shape index (κ3) is 5.06. The van der Waals surface area contributed by atoms with Gasteiger partial charge in [-0.2, -0.15) is 0 Å². The smallest absolute Gasteiger partial charge is 0.326 e. The van der Waals surface area contributed by atoms with Crippen LogP contribution in [0.2, 0.25) is 5.02 Å². The number of nitrogens with one attached hydrogen (secondary N) is 1. The number of aliphatic carboxylic acids is 1. The van der Waals surface area contributed by atoms with Gasteiger partial charge in [-0.3, -0.25) is 4.79 Å². The van der Waals surface area contributed by atoms with Crippen molar-refractivity contribution in [3.05, 3.63) is 82.9 Å². The molecule has 0 saturated heterocycles. The Labute approximate surface area is 172 Å². The van der Waals surface area contributed by atoms with Crippen molar-refractivity contribution < 1.29 is 19.8 Å². The lowest BCUT2D eigenvalue weighted by molar-refractivity contribution is -0.139. The van der Waals surface area contributed by atoms with E-state index in [-0.39, 0.29) is 23.4 Å². The van der Waals surface area contributed by atoms with Crippen LogP contribution in [0, 0.1) is 0 Å². The molecule has 0 aliphatic carbocycles. The van der Waals surface area contributed by atoms with Crippen molar-refractivity contribution in [1.82, 2.24) is 5.32 Å². The van der Waals surface area contributed by atoms with E-state index in [0.717, 1.165) is 16.7 Å². The summed E-state index contributed by atoms with van der Waals surface area (Å²) in [5, 5.41) is 21.9. The van der Waals surface area contributed by atoms with E-state index in [0.29, 0.717) is 5.02 Å². The first-order valence-corrected chi connectivity index (χ1v) is 9.18. The molecule has 0 saturated carbocycles. The predicted molar refractivity (Wildman–Crippen MR) is 112 cm³/mol. The number of carboxylic acid groups (broad SMARTS) is 1. The van der Waals surface area contributed by atoms with Crippen LogP contribution in [0.3, 0.4) is 0 Å². The van der Waals surface area contributed by atoms with E-state index in [1.807, 2.05) is 18.2 Å². The van der Waals surface area contributed by atoms with Gasteiger partial charge in [-0.15, -0.1) is 0 Å². The third-order valence-corrected chi connectivity index (χ3v) is 4.67. The summed E-state index contributed by atoms with van der Waals surface area (Å²) in [7, 11) is 0. The van der Waals surface area contributed by atoms with Gasteiger partial charge in [0.05, 0.1) is 5.56 Å². The van der Waals surface area contributed by atoms with Crippen LogP contribution in [-0.2, 0) is 11.2 Å². The van der Waals surface area contributed by atoms with Crippen LogP contribution in [0.15, 0.2) is 66.7 Å². The molecule has 3 aromatic carbocycles. The molecule has 3 rings (SSSR count). The highest BCUT2D eigenvalue weighted by atomic mass is 35.5. The number of benzene rings is 3. The zero-order valence-corrected chi connectivity index (χ0v) is 16.1. The Morgan fingerprint density at radius 1 is 1.00 bits per heavy atom. The maximum absolute atomic E-state index is 12.5. The molecule has 0 radical (unpaired) electrons. The summed E-state index contributed by atoms with van der Waals surface area (Å²) >= 11 is 5.90. The number of phenols is 1. The van der Waals surface area contributed by atoms with Crippen molar-refractivity contribution in [2.75, 3.05) is 5.73 Å². The second-order valence-corrected chi connectivity index (χ2v) is 6.98. The predicted octanol–water partition coefficient (Wildman–Crippen LogP) is 3.72. The quantitative estimate of drug-likeness (QED) is 0.462. The van der Waals surface area contributed by atoms with Crippen LogP contribution in [0.5, 0.6) is 5.75 Å². The van der Waals surface area contributed by atoms with Crippen molar-refractivity contribution in [2.24, 2.45) is 0 Å². The molecular formula is C22H19ClN2O4. The van der Waals surface area contributed by atoms with E-state index in [1.165, 1.54) is 12.1 Å². The number of rotatable bonds is 6. The number of nitrogens with two attached hydrogens (primary N) is 1. The summed E-state index contributed by atoms with van der Waals surface area (Å²) in [5.41, 5.74) is 8.60. The highest BCUT2D eigenvalue weighted by Gasteiger charge is 2.22. The minimum atomic E-state index is -1.16. The summed E-state index contributed by atoms with van der Waals surface area (Å²) in [6, 6.07) is 17.4. The van der Waals surface area contributed by atoms with Crippen molar-refractivity contribution in [3.8, 4) is 16.9 Å². The average Bonchev–Trinajstić information content (AvgIpc) is 2.69. The van der Waals surface area contributed by atoms with E-state index in [1.54, 1.807) is 36.4 Å². The van der Waals surface area contributed by atoms with Gasteiger partial charge in [0.2, 0.25) is 0 Å². The van der Waals surface area contributed by atoms with Gasteiger partial charge in [-0.1, -0.05) is 48.0 Å². The van der Waals surface area contributed by atoms with E-state index in [4.69, 9.17) is 17.3 Å². The Balaban J connectivity index is 1.74. The number of phenolic OH excluding ortho intramolecular Hbond substituents is 1. The van der Waals surface area contributed by atoms with Crippen LogP contribution in [0.1, 0.15) is 15.9 Å². The number of halogens is 1. The Bertz CT molecular complexity index is 1050. The van der Waals surface area contributed by atoms with Crippen molar-refractivity contribution in [2.45, 2.75) is 12.5 Å². The van der Waals surface area contributed by atoms with Gasteiger partial charge in [0.15, 0.2) is 0 Å². The lowest BCUT2D eigenvalue weighted by Crippen LogP contribution is -2.42. The molecule has 7 heteroatoms. The van der Waals surface area contributed by atoms with Gasteiger partial charge in [0.1, 0.15) is 11.8 Å². The van der Waals surface area contributed by atoms with Crippen LogP contribution in [0.25, 0.3) is 11.1 Å². The molecule has 0 unspecified atom stereocenters. The van der Waals surface area contributed by atoms with Gasteiger partial charge in [0.25, 0.3) is 5.91 Å². The van der Waals surface area contributed by atoms with Crippen LogP contribution in [-0.4, -0.2) is 28.1 Å². The first-order chi connectivity index (χ1) is 13.8. The highest BCUT2D eigenvalue weighted by Crippen LogP contribution is 2.24. The molecule has 0 spiro atoms. The maximum Gasteiger partial charge on any atom is 0.326 e. The second kappa shape index (κ2) is 8.67. The van der Waals surface area contributed by atoms with Crippen LogP contribution in [0.4, 0.5) is 5.69 Å². The molecule has 1 amide bonds. The molecule has 0 aliphatic rings. The second-order valence-electron chi connectivity index (χ2n) is 6.55. The number of carboxylic acids is 1. The van der Waals surface area contributed by atoms with E-state index >= 15 is 0 Å². The number of hydrogen-bond donors (Lipinski definition) is 4. The maximum atomic E-state index is 12.5. The molecule has 5 N–H and O–H groups in total. The lowest BCUT2D eigenvalue weighted by Gasteiger charge is -2.16. The summed E-state index contributed by atoms with van der Waals surface area (Å²) in [6.07, 6.45) is 0.0991. The number of amides is 1. The van der Waals surface area contributed by atoms with E-state index in [9.17, 15) is 19.8 Å². The molecule has 0 fully saturated rings. The summed E-state index contributed by atoms with van der Waals surface area (Å²) in [4.78, 5) is 24.1. The molecule has 0 heterocycles. The van der Waals surface area contributed by atoms with E-state index < -0.39 is 17.9 Å². The Hall–Kier alpha value is -3.51. The SMILES string of the molecule is Nc1ccc(Cl)cc1C(=O)N[C@@H](Cc1ccc(-c2cccc(O)c2)cc1)C(=O)O. The number of carbonyl (C=O) groups excluding carboxylic acids is 1. The average molecular weight is 411 g/mol. The number of carbonyl (C=O) groups is 2. The molecule has 0 aliphatic heterocycles. The minimum Gasteiger partial charge on any atom is -0.508 e. The molecule has 29 heavy (non-hydrogen) atoms. The fourth-order valence-corrected chi connectivity index (χ4v) is 3.09. The molecular weight excluding hydrogens is 392 g/mol. The van der Waals surface area contributed by atoms with Crippen LogP contribution >= 0.6 is 11.6 Å². The zero-order chi connectivity index (χ0) is 21.0. The van der Waals surface area contributed by atoms with Gasteiger partial charge in [0, 0.05) is 17.1 Å². The van der Waals surface area contributed by atoms with Crippen LogP contribution < -0.4 is 11.1 Å². The summed E-state index contributed by atoms with van der Waals surface area (Å²) < 4.78 is 0. The Kier molecular flexibility index (Phi) is 6.04. The Morgan fingerprint density at radius 3 is 2.38 bits per heavy atom. The molecule has 3 aromatic rings. The topological polar surface area (TPSA) is 113 Å². The van der Waals surface area contributed by atoms with E-state index in [2.05, 4.69) is 5.32 Å². The summed E-state index contributed by atoms with van der Waals surface area (Å²) in [6.45, 7) is 0. The third-order valence-electron chi connectivity index (χ3n) is 4.44. The normalized spacial score (nSPS) is 11.6. The molecule has 148 valence electrons. The number of aromatic hydroxyl groups is 1. The van der Waals surface area contributed by atoms with Gasteiger partial charge in [-0.25, -0.2) is 4.79 Å². The Morgan fingerprint density at radius 2 is 1.72 bits per heavy atom. The fourth-order valence-electron chi connectivity index (χ4n) is 2.92. The molecule has 6 nitrogen and oxygen atoms in total.